The van der Waals surface area contributed by atoms with Gasteiger partial charge in [0.2, 0.25) is 5.91 Å². The third-order valence-electron chi connectivity index (χ3n) is 7.79. The normalized spacial score (nSPS) is 21.1. The van der Waals surface area contributed by atoms with Crippen molar-refractivity contribution in [2.75, 3.05) is 46.5 Å². The average molecular weight is 487 g/mol. The van der Waals surface area contributed by atoms with Crippen molar-refractivity contribution < 1.29 is 14.3 Å². The molecule has 3 rings (SSSR count). The van der Waals surface area contributed by atoms with Crippen LogP contribution in [0.1, 0.15) is 89.2 Å². The van der Waals surface area contributed by atoms with Crippen LogP contribution in [0.4, 0.5) is 0 Å². The number of nitrogens with one attached hydrogen (secondary N) is 1. The molecule has 0 radical (unpaired) electrons. The molecule has 198 valence electrons. The number of hydrogen-bond donors (Lipinski definition) is 1. The van der Waals surface area contributed by atoms with Gasteiger partial charge in [0.1, 0.15) is 0 Å². The number of carbonyl (C=O) groups excluding carboxylic acids is 1. The second-order valence-electron chi connectivity index (χ2n) is 10.8. The standard InChI is InChI=1S/C30H50N2O3/c1-3-18-34-19-11-20-35-30(27-14-8-5-9-15-27)28-16-10-17-32(24-28)29(33)22-26(23-31-2)21-25-12-6-4-7-13-25/h5,8-9,14-15,25-26,28,30-31H,3-4,6-7,10-13,16-24H2,1-2H3/t26-,28-,30+/m1/s1. The first-order valence-electron chi connectivity index (χ1n) is 14.4. The van der Waals surface area contributed by atoms with E-state index in [9.17, 15) is 4.79 Å². The van der Waals surface area contributed by atoms with Gasteiger partial charge in [0.25, 0.3) is 0 Å². The third-order valence-corrected chi connectivity index (χ3v) is 7.79. The summed E-state index contributed by atoms with van der Waals surface area (Å²) >= 11 is 0. The smallest absolute Gasteiger partial charge is 0.222 e. The number of likely N-dealkylation sites (tertiary alicyclic amines) is 1. The molecule has 1 heterocycles. The van der Waals surface area contributed by atoms with Crippen LogP contribution in [0.2, 0.25) is 0 Å². The summed E-state index contributed by atoms with van der Waals surface area (Å²) in [4.78, 5) is 15.6. The molecule has 1 saturated carbocycles. The zero-order chi connectivity index (χ0) is 24.7. The van der Waals surface area contributed by atoms with Gasteiger partial charge < -0.3 is 19.7 Å². The fourth-order valence-corrected chi connectivity index (χ4v) is 6.05. The molecule has 0 unspecified atom stereocenters. The first-order chi connectivity index (χ1) is 17.2. The Morgan fingerprint density at radius 3 is 2.60 bits per heavy atom. The molecule has 0 aromatic heterocycles. The topological polar surface area (TPSA) is 50.8 Å². The summed E-state index contributed by atoms with van der Waals surface area (Å²) in [6.07, 6.45) is 12.8. The Kier molecular flexibility index (Phi) is 13.1. The second-order valence-corrected chi connectivity index (χ2v) is 10.8. The van der Waals surface area contributed by atoms with Crippen molar-refractivity contribution in [3.63, 3.8) is 0 Å². The molecule has 5 heteroatoms. The van der Waals surface area contributed by atoms with Crippen LogP contribution in [0.15, 0.2) is 30.3 Å². The maximum atomic E-state index is 13.4. The van der Waals surface area contributed by atoms with Crippen LogP contribution in [0.25, 0.3) is 0 Å². The first kappa shape index (κ1) is 28.1. The Bertz CT molecular complexity index is 692. The molecule has 35 heavy (non-hydrogen) atoms. The largest absolute Gasteiger partial charge is 0.381 e. The van der Waals surface area contributed by atoms with Crippen LogP contribution in [-0.2, 0) is 14.3 Å². The molecule has 2 fully saturated rings. The molecule has 1 aromatic carbocycles. The molecule has 1 aromatic rings. The first-order valence-corrected chi connectivity index (χ1v) is 14.4. The maximum Gasteiger partial charge on any atom is 0.222 e. The van der Waals surface area contributed by atoms with E-state index in [-0.39, 0.29) is 6.10 Å². The Hall–Kier alpha value is -1.43. The van der Waals surface area contributed by atoms with E-state index >= 15 is 0 Å². The summed E-state index contributed by atoms with van der Waals surface area (Å²) in [5.41, 5.74) is 1.23. The van der Waals surface area contributed by atoms with Gasteiger partial charge in [-0.15, -0.1) is 0 Å². The van der Waals surface area contributed by atoms with Gasteiger partial charge in [0.15, 0.2) is 0 Å². The Morgan fingerprint density at radius 2 is 1.86 bits per heavy atom. The number of piperidine rings is 1. The quantitative estimate of drug-likeness (QED) is 0.309. The fraction of sp³-hybridized carbons (Fsp3) is 0.767. The highest BCUT2D eigenvalue weighted by Gasteiger charge is 2.32. The van der Waals surface area contributed by atoms with Crippen LogP contribution in [0.3, 0.4) is 0 Å². The predicted octanol–water partition coefficient (Wildman–Crippen LogP) is 6.00. The molecule has 1 N–H and O–H groups in total. The van der Waals surface area contributed by atoms with E-state index in [0.717, 1.165) is 64.4 Å². The number of hydrogen-bond acceptors (Lipinski definition) is 4. The van der Waals surface area contributed by atoms with Gasteiger partial charge in [-0.05, 0) is 63.1 Å². The Morgan fingerprint density at radius 1 is 1.06 bits per heavy atom. The highest BCUT2D eigenvalue weighted by Crippen LogP contribution is 2.34. The van der Waals surface area contributed by atoms with Crippen molar-refractivity contribution in [2.45, 2.75) is 83.7 Å². The summed E-state index contributed by atoms with van der Waals surface area (Å²) < 4.78 is 12.1. The number of rotatable bonds is 15. The highest BCUT2D eigenvalue weighted by molar-refractivity contribution is 5.76. The average Bonchev–Trinajstić information content (AvgIpc) is 2.89. The van der Waals surface area contributed by atoms with Crippen molar-refractivity contribution in [3.8, 4) is 0 Å². The van der Waals surface area contributed by atoms with Crippen molar-refractivity contribution in [1.82, 2.24) is 10.2 Å². The third kappa shape index (κ3) is 9.86. The van der Waals surface area contributed by atoms with Crippen LogP contribution in [-0.4, -0.2) is 57.3 Å². The van der Waals surface area contributed by atoms with Gasteiger partial charge in [-0.1, -0.05) is 69.4 Å². The zero-order valence-corrected chi connectivity index (χ0v) is 22.4. The minimum absolute atomic E-state index is 0.0355. The molecule has 3 atom stereocenters. The van der Waals surface area contributed by atoms with E-state index in [0.29, 0.717) is 30.8 Å². The second kappa shape index (κ2) is 16.3. The number of ether oxygens (including phenoxy) is 2. The summed E-state index contributed by atoms with van der Waals surface area (Å²) in [5, 5.41) is 3.35. The lowest BCUT2D eigenvalue weighted by atomic mass is 9.81. The van der Waals surface area contributed by atoms with Crippen LogP contribution in [0.5, 0.6) is 0 Å². The summed E-state index contributed by atoms with van der Waals surface area (Å²) in [7, 11) is 2.02. The fourth-order valence-electron chi connectivity index (χ4n) is 6.05. The summed E-state index contributed by atoms with van der Waals surface area (Å²) in [5.74, 6) is 1.93. The molecular weight excluding hydrogens is 436 g/mol. The molecule has 0 bridgehead atoms. The van der Waals surface area contributed by atoms with E-state index < -0.39 is 0 Å². The minimum atomic E-state index is 0.0355. The summed E-state index contributed by atoms with van der Waals surface area (Å²) in [6, 6.07) is 10.6. The predicted molar refractivity (Wildman–Crippen MR) is 143 cm³/mol. The van der Waals surface area contributed by atoms with Gasteiger partial charge >= 0.3 is 0 Å². The van der Waals surface area contributed by atoms with Gasteiger partial charge in [-0.2, -0.15) is 0 Å². The number of benzene rings is 1. The lowest BCUT2D eigenvalue weighted by Crippen LogP contribution is -2.43. The SMILES string of the molecule is CCCOCCCO[C@@H](c1ccccc1)[C@@H]1CCCN(C(=O)C[C@H](CNC)CC2CCCCC2)C1. The van der Waals surface area contributed by atoms with E-state index in [1.807, 2.05) is 7.05 Å². The van der Waals surface area contributed by atoms with Gasteiger partial charge in [0.05, 0.1) is 6.10 Å². The van der Waals surface area contributed by atoms with Crippen LogP contribution < -0.4 is 5.32 Å². The Balaban J connectivity index is 1.56. The molecule has 5 nitrogen and oxygen atoms in total. The molecule has 2 aliphatic rings. The number of carbonyl (C=O) groups is 1. The zero-order valence-electron chi connectivity index (χ0n) is 22.4. The lowest BCUT2D eigenvalue weighted by molar-refractivity contribution is -0.135. The van der Waals surface area contributed by atoms with Gasteiger partial charge in [-0.25, -0.2) is 0 Å². The molecule has 0 spiro atoms. The van der Waals surface area contributed by atoms with Gasteiger partial charge in [-0.3, -0.25) is 4.79 Å². The van der Waals surface area contributed by atoms with E-state index in [2.05, 4.69) is 47.5 Å². The molecular formula is C30H50N2O3. The minimum Gasteiger partial charge on any atom is -0.381 e. The summed E-state index contributed by atoms with van der Waals surface area (Å²) in [6.45, 7) is 7.02. The van der Waals surface area contributed by atoms with Crippen molar-refractivity contribution in [1.29, 1.82) is 0 Å². The maximum absolute atomic E-state index is 13.4. The Labute approximate surface area is 214 Å². The van der Waals surface area contributed by atoms with Crippen molar-refractivity contribution >= 4 is 5.91 Å². The monoisotopic (exact) mass is 486 g/mol. The number of amides is 1. The van der Waals surface area contributed by atoms with Crippen molar-refractivity contribution in [3.05, 3.63) is 35.9 Å². The van der Waals surface area contributed by atoms with Crippen molar-refractivity contribution in [2.24, 2.45) is 17.8 Å². The van der Waals surface area contributed by atoms with E-state index in [1.54, 1.807) is 0 Å². The molecule has 1 aliphatic carbocycles. The number of nitrogens with zero attached hydrogens (tertiary/aromatic N) is 1. The van der Waals surface area contributed by atoms with Gasteiger partial charge in [0, 0.05) is 45.2 Å². The lowest BCUT2D eigenvalue weighted by Gasteiger charge is -2.38. The van der Waals surface area contributed by atoms with E-state index in [4.69, 9.17) is 9.47 Å². The van der Waals surface area contributed by atoms with Crippen LogP contribution in [0, 0.1) is 17.8 Å². The molecule has 1 amide bonds. The van der Waals surface area contributed by atoms with Crippen LogP contribution >= 0.6 is 0 Å². The van der Waals surface area contributed by atoms with E-state index in [1.165, 1.54) is 44.1 Å². The molecule has 1 saturated heterocycles. The molecule has 1 aliphatic heterocycles. The highest BCUT2D eigenvalue weighted by atomic mass is 16.5.